The Bertz CT molecular complexity index is 1780. The van der Waals surface area contributed by atoms with Gasteiger partial charge >= 0.3 is 17.9 Å². The average Bonchev–Trinajstić information content (AvgIpc) is 3.47. The second kappa shape index (κ2) is 68.8. The molecule has 1 unspecified atom stereocenters. The van der Waals surface area contributed by atoms with Crippen LogP contribution in [-0.4, -0.2) is 37.2 Å². The number of esters is 3. The predicted molar refractivity (Wildman–Crippen MR) is 357 cm³/mol. The lowest BCUT2D eigenvalue weighted by Gasteiger charge is -2.18. The molecule has 1 atom stereocenters. The second-order valence-electron chi connectivity index (χ2n) is 22.0. The Morgan fingerprint density at radius 1 is 0.256 bits per heavy atom. The van der Waals surface area contributed by atoms with Crippen LogP contribution in [0.5, 0.6) is 0 Å². The van der Waals surface area contributed by atoms with Crippen LogP contribution in [0.1, 0.15) is 297 Å². The van der Waals surface area contributed by atoms with E-state index in [0.29, 0.717) is 19.3 Å². The van der Waals surface area contributed by atoms with Crippen LogP contribution in [-0.2, 0) is 28.6 Å². The van der Waals surface area contributed by atoms with Crippen molar-refractivity contribution in [2.75, 3.05) is 13.2 Å². The van der Waals surface area contributed by atoms with Crippen LogP contribution < -0.4 is 0 Å². The molecule has 0 radical (unpaired) electrons. The summed E-state index contributed by atoms with van der Waals surface area (Å²) < 4.78 is 16.9. The Morgan fingerprint density at radius 2 is 0.476 bits per heavy atom. The highest BCUT2D eigenvalue weighted by molar-refractivity contribution is 5.71. The minimum Gasteiger partial charge on any atom is -0.462 e. The van der Waals surface area contributed by atoms with E-state index >= 15 is 0 Å². The van der Waals surface area contributed by atoms with Gasteiger partial charge in [-0.05, 0) is 128 Å². The van der Waals surface area contributed by atoms with E-state index in [0.717, 1.165) is 148 Å². The van der Waals surface area contributed by atoms with Gasteiger partial charge in [0.2, 0.25) is 0 Å². The van der Waals surface area contributed by atoms with Gasteiger partial charge in [0, 0.05) is 19.3 Å². The lowest BCUT2D eigenvalue weighted by atomic mass is 10.1. The molecular formula is C76H124O6. The maximum atomic E-state index is 12.9. The number of rotatable bonds is 60. The first kappa shape index (κ1) is 77.3. The van der Waals surface area contributed by atoms with E-state index in [-0.39, 0.29) is 31.1 Å². The summed E-state index contributed by atoms with van der Waals surface area (Å²) in [6, 6.07) is 0. The van der Waals surface area contributed by atoms with Gasteiger partial charge in [-0.15, -0.1) is 0 Å². The van der Waals surface area contributed by atoms with Crippen molar-refractivity contribution in [2.45, 2.75) is 303 Å². The number of carbonyl (C=O) groups excluding carboxylic acids is 3. The van der Waals surface area contributed by atoms with Crippen molar-refractivity contribution in [3.05, 3.63) is 146 Å². The highest BCUT2D eigenvalue weighted by atomic mass is 16.6. The Balaban J connectivity index is 4.22. The quantitative estimate of drug-likeness (QED) is 0.0261. The third-order valence-corrected chi connectivity index (χ3v) is 14.1. The summed E-state index contributed by atoms with van der Waals surface area (Å²) in [5.41, 5.74) is 0. The molecule has 6 heteroatoms. The molecule has 0 rings (SSSR count). The Labute approximate surface area is 506 Å². The van der Waals surface area contributed by atoms with Gasteiger partial charge < -0.3 is 14.2 Å². The summed E-state index contributed by atoms with van der Waals surface area (Å²) in [4.78, 5) is 38.2. The number of hydrogen-bond donors (Lipinski definition) is 0. The summed E-state index contributed by atoms with van der Waals surface area (Å²) in [5.74, 6) is -0.916. The first-order valence-electron chi connectivity index (χ1n) is 33.8. The van der Waals surface area contributed by atoms with Crippen LogP contribution in [0.4, 0.5) is 0 Å². The van der Waals surface area contributed by atoms with Crippen molar-refractivity contribution < 1.29 is 28.6 Å². The Kier molecular flexibility index (Phi) is 64.8. The molecule has 0 aromatic heterocycles. The van der Waals surface area contributed by atoms with Gasteiger partial charge in [-0.2, -0.15) is 0 Å². The van der Waals surface area contributed by atoms with Crippen LogP contribution in [0.2, 0.25) is 0 Å². The number of hydrogen-bond acceptors (Lipinski definition) is 6. The van der Waals surface area contributed by atoms with Crippen molar-refractivity contribution in [3.8, 4) is 0 Å². The Hall–Kier alpha value is -4.71. The largest absolute Gasteiger partial charge is 0.462 e. The van der Waals surface area contributed by atoms with Crippen LogP contribution in [0, 0.1) is 0 Å². The molecule has 0 fully saturated rings. The fraction of sp³-hybridized carbons (Fsp3) is 0.645. The molecule has 0 bridgehead atoms. The smallest absolute Gasteiger partial charge is 0.306 e. The predicted octanol–water partition coefficient (Wildman–Crippen LogP) is 23.5. The highest BCUT2D eigenvalue weighted by Crippen LogP contribution is 2.15. The average molecular weight is 1130 g/mol. The standard InChI is InChI=1S/C76H124O6/c1-4-7-10-13-16-19-21-23-25-27-29-31-32-33-34-35-36-37-38-39-40-41-42-43-44-46-47-49-51-53-55-57-60-63-66-69-75(78)81-72-73(71-80-74(77)68-65-62-59-18-15-12-9-6-3)82-76(79)70-67-64-61-58-56-54-52-50-48-45-30-28-26-24-22-20-17-14-11-8-5-2/h7,10,16,19,22-25,28-31,33-34,36-37,39-40,42-43,46-48,50,73H,4-6,8-9,11-15,17-18,20-21,26-27,32,35,38,41,44-45,49,51-72H2,1-3H3/b10-7-,19-16-,24-22-,25-23-,30-28-,31-29-,34-33-,37-36-,40-39-,43-42-,47-46-,50-48-. The van der Waals surface area contributed by atoms with Crippen LogP contribution in [0.15, 0.2) is 146 Å². The molecule has 0 aliphatic heterocycles. The lowest BCUT2D eigenvalue weighted by Crippen LogP contribution is -2.30. The Morgan fingerprint density at radius 3 is 0.744 bits per heavy atom. The fourth-order valence-electron chi connectivity index (χ4n) is 9.03. The summed E-state index contributed by atoms with van der Waals surface area (Å²) in [5, 5.41) is 0. The number of carbonyl (C=O) groups is 3. The van der Waals surface area contributed by atoms with Gasteiger partial charge in [0.15, 0.2) is 6.10 Å². The first-order chi connectivity index (χ1) is 40.5. The van der Waals surface area contributed by atoms with Gasteiger partial charge in [0.05, 0.1) is 0 Å². The van der Waals surface area contributed by atoms with Crippen molar-refractivity contribution in [2.24, 2.45) is 0 Å². The minimum atomic E-state index is -0.793. The van der Waals surface area contributed by atoms with E-state index in [2.05, 4.69) is 167 Å². The van der Waals surface area contributed by atoms with Crippen LogP contribution in [0.3, 0.4) is 0 Å². The molecule has 0 aromatic rings. The molecule has 0 N–H and O–H groups in total. The molecule has 0 aliphatic carbocycles. The van der Waals surface area contributed by atoms with E-state index in [1.165, 1.54) is 109 Å². The van der Waals surface area contributed by atoms with E-state index in [4.69, 9.17) is 14.2 Å². The first-order valence-corrected chi connectivity index (χ1v) is 33.8. The zero-order valence-electron chi connectivity index (χ0n) is 53.2. The molecule has 0 aliphatic rings. The molecule has 0 aromatic carbocycles. The molecule has 0 spiro atoms. The van der Waals surface area contributed by atoms with Crippen LogP contribution in [0.25, 0.3) is 0 Å². The zero-order chi connectivity index (χ0) is 59.2. The summed E-state index contributed by atoms with van der Waals surface area (Å²) >= 11 is 0. The summed E-state index contributed by atoms with van der Waals surface area (Å²) in [6.07, 6.45) is 98.7. The number of unbranched alkanes of at least 4 members (excludes halogenated alkanes) is 25. The third kappa shape index (κ3) is 66.1. The SMILES string of the molecule is CC/C=C\C/C=C\C/C=C\C/C=C\C/C=C\C/C=C\C/C=C\C/C=C\C/C=C\CCCCCCCCCC(=O)OCC(COC(=O)CCCCCCCCCC)OC(=O)CCCCCCCC/C=C\C/C=C\C/C=C\CCCCCCC. The van der Waals surface area contributed by atoms with Crippen molar-refractivity contribution in [3.63, 3.8) is 0 Å². The molecule has 6 nitrogen and oxygen atoms in total. The van der Waals surface area contributed by atoms with E-state index in [1.807, 2.05) is 0 Å². The summed E-state index contributed by atoms with van der Waals surface area (Å²) in [7, 11) is 0. The van der Waals surface area contributed by atoms with Gasteiger partial charge in [0.25, 0.3) is 0 Å². The maximum absolute atomic E-state index is 12.9. The monoisotopic (exact) mass is 1130 g/mol. The molecule has 0 heterocycles. The normalized spacial score (nSPS) is 13.1. The van der Waals surface area contributed by atoms with Crippen LogP contribution >= 0.6 is 0 Å². The summed E-state index contributed by atoms with van der Waals surface area (Å²) in [6.45, 7) is 6.47. The van der Waals surface area contributed by atoms with Gasteiger partial charge in [0.1, 0.15) is 13.2 Å². The van der Waals surface area contributed by atoms with Crippen molar-refractivity contribution in [1.29, 1.82) is 0 Å². The van der Waals surface area contributed by atoms with Gasteiger partial charge in [-0.3, -0.25) is 14.4 Å². The topological polar surface area (TPSA) is 78.9 Å². The molecular weight excluding hydrogens is 1010 g/mol. The van der Waals surface area contributed by atoms with Crippen molar-refractivity contribution >= 4 is 17.9 Å². The number of allylic oxidation sites excluding steroid dienone is 24. The highest BCUT2D eigenvalue weighted by Gasteiger charge is 2.19. The molecule has 0 saturated heterocycles. The van der Waals surface area contributed by atoms with E-state index in [9.17, 15) is 14.4 Å². The van der Waals surface area contributed by atoms with Gasteiger partial charge in [-0.25, -0.2) is 0 Å². The minimum absolute atomic E-state index is 0.0891. The van der Waals surface area contributed by atoms with E-state index < -0.39 is 6.10 Å². The maximum Gasteiger partial charge on any atom is 0.306 e. The van der Waals surface area contributed by atoms with Gasteiger partial charge in [-0.1, -0.05) is 295 Å². The number of ether oxygens (including phenoxy) is 3. The zero-order valence-corrected chi connectivity index (χ0v) is 53.2. The molecule has 0 saturated carbocycles. The van der Waals surface area contributed by atoms with Crippen molar-refractivity contribution in [1.82, 2.24) is 0 Å². The molecule has 82 heavy (non-hydrogen) atoms. The van der Waals surface area contributed by atoms with E-state index in [1.54, 1.807) is 0 Å². The lowest BCUT2D eigenvalue weighted by molar-refractivity contribution is -0.167. The third-order valence-electron chi connectivity index (χ3n) is 14.1. The fourth-order valence-corrected chi connectivity index (χ4v) is 9.03. The molecule has 464 valence electrons. The molecule has 0 amide bonds. The second-order valence-corrected chi connectivity index (χ2v) is 22.0.